The van der Waals surface area contributed by atoms with Gasteiger partial charge in [-0.25, -0.2) is 10.2 Å². The van der Waals surface area contributed by atoms with Crippen LogP contribution in [0.1, 0.15) is 5.56 Å². The Bertz CT molecular complexity index is 734. The summed E-state index contributed by atoms with van der Waals surface area (Å²) in [5, 5.41) is 6.92. The molecule has 1 aliphatic heterocycles. The van der Waals surface area contributed by atoms with Crippen LogP contribution in [0.5, 0.6) is 11.5 Å². The maximum Gasteiger partial charge on any atom is 0.339 e. The van der Waals surface area contributed by atoms with Gasteiger partial charge in [-0.3, -0.25) is 0 Å². The van der Waals surface area contributed by atoms with Crippen LogP contribution in [0.2, 0.25) is 5.02 Å². The van der Waals surface area contributed by atoms with Gasteiger partial charge < -0.3 is 14.8 Å². The Labute approximate surface area is 131 Å². The highest BCUT2D eigenvalue weighted by atomic mass is 35.5. The number of halogens is 1. The van der Waals surface area contributed by atoms with Gasteiger partial charge in [0.1, 0.15) is 0 Å². The van der Waals surface area contributed by atoms with Gasteiger partial charge in [0.2, 0.25) is 6.79 Å². The van der Waals surface area contributed by atoms with Crippen molar-refractivity contribution in [2.75, 3.05) is 12.1 Å². The van der Waals surface area contributed by atoms with Crippen molar-refractivity contribution in [3.63, 3.8) is 0 Å². The lowest BCUT2D eigenvalue weighted by Gasteiger charge is -2.05. The quantitative estimate of drug-likeness (QED) is 0.674. The van der Waals surface area contributed by atoms with Crippen LogP contribution in [-0.2, 0) is 0 Å². The first-order valence-electron chi connectivity index (χ1n) is 6.46. The molecular weight excluding hydrogens is 306 g/mol. The number of urea groups is 1. The minimum atomic E-state index is -0.481. The Morgan fingerprint density at radius 1 is 1.18 bits per heavy atom. The summed E-state index contributed by atoms with van der Waals surface area (Å²) in [5.41, 5.74) is 3.66. The molecule has 0 saturated heterocycles. The molecule has 0 bridgehead atoms. The van der Waals surface area contributed by atoms with E-state index < -0.39 is 6.03 Å². The first-order valence-corrected chi connectivity index (χ1v) is 6.84. The van der Waals surface area contributed by atoms with Crippen molar-refractivity contribution in [1.82, 2.24) is 5.43 Å². The number of carbonyl (C=O) groups is 1. The maximum absolute atomic E-state index is 11.7. The minimum absolute atomic E-state index is 0.217. The first kappa shape index (κ1) is 14.2. The summed E-state index contributed by atoms with van der Waals surface area (Å²) in [7, 11) is 0. The van der Waals surface area contributed by atoms with Crippen LogP contribution in [0.4, 0.5) is 10.5 Å². The Morgan fingerprint density at radius 3 is 2.86 bits per heavy atom. The number of hydrazone groups is 1. The molecule has 7 heteroatoms. The SMILES string of the molecule is O=C(NN=Cc1ccc2c(c1)OCO2)Nc1ccccc1Cl. The molecule has 22 heavy (non-hydrogen) atoms. The van der Waals surface area contributed by atoms with Crippen molar-refractivity contribution >= 4 is 29.5 Å². The first-order chi connectivity index (χ1) is 10.7. The molecule has 3 rings (SSSR count). The van der Waals surface area contributed by atoms with E-state index in [-0.39, 0.29) is 6.79 Å². The van der Waals surface area contributed by atoms with E-state index in [0.29, 0.717) is 22.2 Å². The smallest absolute Gasteiger partial charge is 0.339 e. The normalized spacial score (nSPS) is 12.4. The van der Waals surface area contributed by atoms with E-state index in [2.05, 4.69) is 15.8 Å². The number of benzene rings is 2. The molecule has 1 heterocycles. The van der Waals surface area contributed by atoms with Crippen LogP contribution in [0, 0.1) is 0 Å². The lowest BCUT2D eigenvalue weighted by molar-refractivity contribution is 0.174. The van der Waals surface area contributed by atoms with E-state index in [1.54, 1.807) is 36.4 Å². The van der Waals surface area contributed by atoms with E-state index >= 15 is 0 Å². The second-order valence-corrected chi connectivity index (χ2v) is 4.82. The molecule has 2 aromatic carbocycles. The Morgan fingerprint density at radius 2 is 2.00 bits per heavy atom. The maximum atomic E-state index is 11.7. The Hall–Kier alpha value is -2.73. The highest BCUT2D eigenvalue weighted by Crippen LogP contribution is 2.31. The third kappa shape index (κ3) is 3.29. The van der Waals surface area contributed by atoms with Crippen molar-refractivity contribution in [1.29, 1.82) is 0 Å². The Balaban J connectivity index is 1.58. The molecule has 2 amide bonds. The van der Waals surface area contributed by atoms with Crippen LogP contribution < -0.4 is 20.2 Å². The molecule has 0 spiro atoms. The van der Waals surface area contributed by atoms with E-state index in [0.717, 1.165) is 5.56 Å². The van der Waals surface area contributed by atoms with Gasteiger partial charge >= 0.3 is 6.03 Å². The summed E-state index contributed by atoms with van der Waals surface area (Å²) < 4.78 is 10.5. The summed E-state index contributed by atoms with van der Waals surface area (Å²) in [6.07, 6.45) is 1.51. The number of amides is 2. The molecule has 1 aliphatic rings. The van der Waals surface area contributed by atoms with Gasteiger partial charge in [-0.2, -0.15) is 5.10 Å². The fourth-order valence-corrected chi connectivity index (χ4v) is 2.05. The number of anilines is 1. The fourth-order valence-electron chi connectivity index (χ4n) is 1.87. The molecule has 0 aliphatic carbocycles. The largest absolute Gasteiger partial charge is 0.454 e. The van der Waals surface area contributed by atoms with E-state index in [9.17, 15) is 4.79 Å². The van der Waals surface area contributed by atoms with Gasteiger partial charge in [0.05, 0.1) is 16.9 Å². The molecular formula is C15H12ClN3O3. The molecule has 0 radical (unpaired) electrons. The lowest BCUT2D eigenvalue weighted by Crippen LogP contribution is -2.24. The van der Waals surface area contributed by atoms with Gasteiger partial charge in [0.25, 0.3) is 0 Å². The fraction of sp³-hybridized carbons (Fsp3) is 0.0667. The zero-order valence-corrected chi connectivity index (χ0v) is 12.1. The van der Waals surface area contributed by atoms with Crippen LogP contribution in [0.3, 0.4) is 0 Å². The highest BCUT2D eigenvalue weighted by Gasteiger charge is 2.12. The van der Waals surface area contributed by atoms with Crippen LogP contribution in [-0.4, -0.2) is 19.0 Å². The number of hydrogen-bond acceptors (Lipinski definition) is 4. The van der Waals surface area contributed by atoms with Crippen LogP contribution in [0.15, 0.2) is 47.6 Å². The topological polar surface area (TPSA) is 72.0 Å². The van der Waals surface area contributed by atoms with Gasteiger partial charge in [-0.15, -0.1) is 0 Å². The number of fused-ring (bicyclic) bond motifs is 1. The molecule has 0 saturated carbocycles. The van der Waals surface area contributed by atoms with Crippen molar-refractivity contribution in [2.45, 2.75) is 0 Å². The van der Waals surface area contributed by atoms with E-state index in [1.807, 2.05) is 6.07 Å². The second kappa shape index (κ2) is 6.36. The van der Waals surface area contributed by atoms with Gasteiger partial charge in [0.15, 0.2) is 11.5 Å². The van der Waals surface area contributed by atoms with Crippen LogP contribution >= 0.6 is 11.6 Å². The number of nitrogens with one attached hydrogen (secondary N) is 2. The number of para-hydroxylation sites is 1. The Kier molecular flexibility index (Phi) is 4.11. The second-order valence-electron chi connectivity index (χ2n) is 4.42. The number of hydrogen-bond donors (Lipinski definition) is 2. The minimum Gasteiger partial charge on any atom is -0.454 e. The summed E-state index contributed by atoms with van der Waals surface area (Å²) in [4.78, 5) is 11.7. The van der Waals surface area contributed by atoms with E-state index in [4.69, 9.17) is 21.1 Å². The van der Waals surface area contributed by atoms with Gasteiger partial charge in [-0.05, 0) is 35.9 Å². The average molecular weight is 318 g/mol. The van der Waals surface area contributed by atoms with Crippen molar-refractivity contribution in [3.05, 3.63) is 53.1 Å². The average Bonchev–Trinajstić information content (AvgIpc) is 2.97. The predicted molar refractivity (Wildman–Crippen MR) is 83.8 cm³/mol. The molecule has 112 valence electrons. The monoisotopic (exact) mass is 317 g/mol. The summed E-state index contributed by atoms with van der Waals surface area (Å²) in [5.74, 6) is 1.35. The zero-order chi connectivity index (χ0) is 15.4. The molecule has 2 N–H and O–H groups in total. The standard InChI is InChI=1S/C15H12ClN3O3/c16-11-3-1-2-4-12(11)18-15(20)19-17-8-10-5-6-13-14(7-10)22-9-21-13/h1-8H,9H2,(H2,18,19,20). The lowest BCUT2D eigenvalue weighted by atomic mass is 10.2. The molecule has 6 nitrogen and oxygen atoms in total. The summed E-state index contributed by atoms with van der Waals surface area (Å²) in [6, 6.07) is 11.8. The van der Waals surface area contributed by atoms with Crippen LogP contribution in [0.25, 0.3) is 0 Å². The predicted octanol–water partition coefficient (Wildman–Crippen LogP) is 3.22. The third-order valence-corrected chi connectivity index (χ3v) is 3.23. The van der Waals surface area contributed by atoms with Gasteiger partial charge in [0, 0.05) is 0 Å². The molecule has 0 unspecified atom stereocenters. The number of rotatable bonds is 3. The zero-order valence-electron chi connectivity index (χ0n) is 11.4. The number of nitrogens with zero attached hydrogens (tertiary/aromatic N) is 1. The van der Waals surface area contributed by atoms with Crippen molar-refractivity contribution in [3.8, 4) is 11.5 Å². The third-order valence-electron chi connectivity index (χ3n) is 2.90. The summed E-state index contributed by atoms with van der Waals surface area (Å²) in [6.45, 7) is 0.217. The van der Waals surface area contributed by atoms with Crippen molar-refractivity contribution in [2.24, 2.45) is 5.10 Å². The van der Waals surface area contributed by atoms with Gasteiger partial charge in [-0.1, -0.05) is 23.7 Å². The molecule has 0 atom stereocenters. The molecule has 0 fully saturated rings. The molecule has 0 aromatic heterocycles. The molecule has 2 aromatic rings. The number of carbonyl (C=O) groups excluding carboxylic acids is 1. The number of ether oxygens (including phenoxy) is 2. The highest BCUT2D eigenvalue weighted by molar-refractivity contribution is 6.33. The van der Waals surface area contributed by atoms with Crippen molar-refractivity contribution < 1.29 is 14.3 Å². The van der Waals surface area contributed by atoms with E-state index in [1.165, 1.54) is 6.21 Å². The summed E-state index contributed by atoms with van der Waals surface area (Å²) >= 11 is 5.95.